The molecule has 7 heteroatoms. The minimum Gasteiger partial charge on any atom is -0.496 e. The molecule has 2 N–H and O–H groups in total. The lowest BCUT2D eigenvalue weighted by Gasteiger charge is -2.13. The van der Waals surface area contributed by atoms with Crippen LogP contribution in [0.1, 0.15) is 16.8 Å². The number of ether oxygens (including phenoxy) is 1. The molecule has 0 spiro atoms. The van der Waals surface area contributed by atoms with Crippen molar-refractivity contribution in [3.8, 4) is 5.75 Å². The SMILES string of the molecule is COc1cc(C)c(S(=O)(=O)Nc2cn[nH]c2C)cc1C. The van der Waals surface area contributed by atoms with E-state index in [-0.39, 0.29) is 4.90 Å². The van der Waals surface area contributed by atoms with Crippen molar-refractivity contribution in [1.29, 1.82) is 0 Å². The molecule has 0 fully saturated rings. The highest BCUT2D eigenvalue weighted by Gasteiger charge is 2.20. The maximum absolute atomic E-state index is 12.4. The molecule has 0 bridgehead atoms. The van der Waals surface area contributed by atoms with Gasteiger partial charge in [-0.05, 0) is 44.0 Å². The Hall–Kier alpha value is -2.02. The van der Waals surface area contributed by atoms with Gasteiger partial charge in [-0.3, -0.25) is 9.82 Å². The van der Waals surface area contributed by atoms with Gasteiger partial charge in [0, 0.05) is 0 Å². The molecule has 0 aliphatic rings. The van der Waals surface area contributed by atoms with Gasteiger partial charge in [-0.25, -0.2) is 8.42 Å². The van der Waals surface area contributed by atoms with E-state index >= 15 is 0 Å². The van der Waals surface area contributed by atoms with Crippen molar-refractivity contribution in [2.24, 2.45) is 0 Å². The molecule has 0 atom stereocenters. The third-order valence-electron chi connectivity index (χ3n) is 3.06. The van der Waals surface area contributed by atoms with E-state index in [0.717, 1.165) is 5.56 Å². The molecule has 0 aliphatic heterocycles. The fourth-order valence-corrected chi connectivity index (χ4v) is 3.35. The minimum atomic E-state index is -3.65. The van der Waals surface area contributed by atoms with E-state index < -0.39 is 10.0 Å². The lowest BCUT2D eigenvalue weighted by molar-refractivity contribution is 0.411. The van der Waals surface area contributed by atoms with Crippen molar-refractivity contribution in [2.45, 2.75) is 25.7 Å². The average Bonchev–Trinajstić information content (AvgIpc) is 2.76. The van der Waals surface area contributed by atoms with Crippen molar-refractivity contribution in [3.05, 3.63) is 35.2 Å². The minimum absolute atomic E-state index is 0.233. The average molecular weight is 295 g/mol. The molecular weight excluding hydrogens is 278 g/mol. The quantitative estimate of drug-likeness (QED) is 0.905. The van der Waals surface area contributed by atoms with Gasteiger partial charge in [-0.15, -0.1) is 0 Å². The van der Waals surface area contributed by atoms with E-state index in [9.17, 15) is 8.42 Å². The van der Waals surface area contributed by atoms with E-state index in [0.29, 0.717) is 22.7 Å². The molecule has 0 saturated heterocycles. The number of nitrogens with zero attached hydrogens (tertiary/aromatic N) is 1. The summed E-state index contributed by atoms with van der Waals surface area (Å²) in [5, 5.41) is 6.48. The van der Waals surface area contributed by atoms with Crippen LogP contribution < -0.4 is 9.46 Å². The molecule has 20 heavy (non-hydrogen) atoms. The molecule has 0 unspecified atom stereocenters. The van der Waals surface area contributed by atoms with E-state index in [2.05, 4.69) is 14.9 Å². The van der Waals surface area contributed by atoms with Crippen LogP contribution in [0.2, 0.25) is 0 Å². The lowest BCUT2D eigenvalue weighted by atomic mass is 10.1. The second-order valence-corrected chi connectivity index (χ2v) is 6.25. The van der Waals surface area contributed by atoms with Crippen LogP contribution >= 0.6 is 0 Å². The highest BCUT2D eigenvalue weighted by atomic mass is 32.2. The van der Waals surface area contributed by atoms with Gasteiger partial charge < -0.3 is 4.74 Å². The third kappa shape index (κ3) is 2.62. The van der Waals surface area contributed by atoms with Crippen molar-refractivity contribution in [2.75, 3.05) is 11.8 Å². The highest BCUT2D eigenvalue weighted by molar-refractivity contribution is 7.92. The van der Waals surface area contributed by atoms with Gasteiger partial charge in [0.15, 0.2) is 0 Å². The van der Waals surface area contributed by atoms with Crippen LogP contribution in [0, 0.1) is 20.8 Å². The normalized spacial score (nSPS) is 11.4. The van der Waals surface area contributed by atoms with E-state index in [1.807, 2.05) is 0 Å². The van der Waals surface area contributed by atoms with Crippen LogP contribution in [0.15, 0.2) is 23.2 Å². The Labute approximate surface area is 118 Å². The molecule has 1 aromatic carbocycles. The zero-order valence-electron chi connectivity index (χ0n) is 11.8. The largest absolute Gasteiger partial charge is 0.496 e. The second-order valence-electron chi connectivity index (χ2n) is 4.60. The zero-order valence-corrected chi connectivity index (χ0v) is 12.6. The molecule has 6 nitrogen and oxygen atoms in total. The number of hydrogen-bond donors (Lipinski definition) is 2. The smallest absolute Gasteiger partial charge is 0.262 e. The highest BCUT2D eigenvalue weighted by Crippen LogP contribution is 2.27. The Kier molecular flexibility index (Phi) is 3.71. The number of rotatable bonds is 4. The van der Waals surface area contributed by atoms with Gasteiger partial charge >= 0.3 is 0 Å². The number of methoxy groups -OCH3 is 1. The van der Waals surface area contributed by atoms with Crippen LogP contribution in [0.3, 0.4) is 0 Å². The topological polar surface area (TPSA) is 84.1 Å². The van der Waals surface area contributed by atoms with Crippen molar-refractivity contribution >= 4 is 15.7 Å². The van der Waals surface area contributed by atoms with E-state index in [1.165, 1.54) is 6.20 Å². The first kappa shape index (κ1) is 14.4. The molecule has 108 valence electrons. The summed E-state index contributed by atoms with van der Waals surface area (Å²) >= 11 is 0. The summed E-state index contributed by atoms with van der Waals surface area (Å²) in [4.78, 5) is 0.233. The van der Waals surface area contributed by atoms with Gasteiger partial charge in [0.25, 0.3) is 10.0 Å². The Balaban J connectivity index is 2.45. The van der Waals surface area contributed by atoms with Crippen LogP contribution in [0.4, 0.5) is 5.69 Å². The number of benzene rings is 1. The number of anilines is 1. The van der Waals surface area contributed by atoms with Crippen LogP contribution in [0.5, 0.6) is 5.75 Å². The first-order valence-electron chi connectivity index (χ1n) is 6.03. The van der Waals surface area contributed by atoms with Crippen LogP contribution in [0.25, 0.3) is 0 Å². The maximum Gasteiger partial charge on any atom is 0.262 e. The first-order valence-corrected chi connectivity index (χ1v) is 7.51. The van der Waals surface area contributed by atoms with Crippen molar-refractivity contribution < 1.29 is 13.2 Å². The van der Waals surface area contributed by atoms with Gasteiger partial charge in [0.05, 0.1) is 29.6 Å². The number of aryl methyl sites for hydroxylation is 3. The standard InChI is InChI=1S/C13H17N3O3S/c1-8-6-13(9(2)5-12(8)19-4)20(17,18)16-11-7-14-15-10(11)3/h5-7,16H,1-4H3,(H,14,15). The van der Waals surface area contributed by atoms with Gasteiger partial charge in [-0.1, -0.05) is 0 Å². The maximum atomic E-state index is 12.4. The number of aromatic amines is 1. The molecular formula is C13H17N3O3S. The van der Waals surface area contributed by atoms with Crippen LogP contribution in [-0.2, 0) is 10.0 Å². The monoisotopic (exact) mass is 295 g/mol. The second kappa shape index (κ2) is 5.16. The van der Waals surface area contributed by atoms with Crippen LogP contribution in [-0.4, -0.2) is 25.7 Å². The van der Waals surface area contributed by atoms with E-state index in [1.54, 1.807) is 40.0 Å². The number of aromatic nitrogens is 2. The Morgan fingerprint density at radius 3 is 2.45 bits per heavy atom. The number of sulfonamides is 1. The lowest BCUT2D eigenvalue weighted by Crippen LogP contribution is -2.15. The van der Waals surface area contributed by atoms with E-state index in [4.69, 9.17) is 4.74 Å². The molecule has 1 heterocycles. The summed E-state index contributed by atoms with van der Waals surface area (Å²) in [6.45, 7) is 5.29. The summed E-state index contributed by atoms with van der Waals surface area (Å²) in [5.41, 5.74) is 2.50. The Bertz CT molecular complexity index is 735. The fourth-order valence-electron chi connectivity index (χ4n) is 1.93. The molecule has 0 radical (unpaired) electrons. The third-order valence-corrected chi connectivity index (χ3v) is 4.56. The summed E-state index contributed by atoms with van der Waals surface area (Å²) in [7, 11) is -2.09. The molecule has 0 saturated carbocycles. The van der Waals surface area contributed by atoms with Gasteiger partial charge in [0.2, 0.25) is 0 Å². The molecule has 0 aliphatic carbocycles. The Morgan fingerprint density at radius 1 is 1.20 bits per heavy atom. The summed E-state index contributed by atoms with van der Waals surface area (Å²) in [6, 6.07) is 3.32. The van der Waals surface area contributed by atoms with Gasteiger partial charge in [-0.2, -0.15) is 5.10 Å². The van der Waals surface area contributed by atoms with Crippen molar-refractivity contribution in [1.82, 2.24) is 10.2 Å². The number of hydrogen-bond acceptors (Lipinski definition) is 4. The molecule has 0 amide bonds. The first-order chi connectivity index (χ1) is 9.35. The number of H-pyrrole nitrogens is 1. The zero-order chi connectivity index (χ0) is 14.9. The fraction of sp³-hybridized carbons (Fsp3) is 0.308. The summed E-state index contributed by atoms with van der Waals surface area (Å²) in [5.74, 6) is 0.668. The van der Waals surface area contributed by atoms with Crippen molar-refractivity contribution in [3.63, 3.8) is 0 Å². The summed E-state index contributed by atoms with van der Waals surface area (Å²) < 4.78 is 32.6. The molecule has 2 rings (SSSR count). The molecule has 1 aromatic heterocycles. The predicted molar refractivity (Wildman–Crippen MR) is 76.6 cm³/mol. The Morgan fingerprint density at radius 2 is 1.90 bits per heavy atom. The molecule has 2 aromatic rings. The predicted octanol–water partition coefficient (Wildman–Crippen LogP) is 2.14. The summed E-state index contributed by atoms with van der Waals surface area (Å²) in [6.07, 6.45) is 1.44. The van der Waals surface area contributed by atoms with Gasteiger partial charge in [0.1, 0.15) is 5.75 Å². The number of nitrogens with one attached hydrogen (secondary N) is 2.